The van der Waals surface area contributed by atoms with Gasteiger partial charge >= 0.3 is 0 Å². The van der Waals surface area contributed by atoms with Gasteiger partial charge in [-0.25, -0.2) is 8.42 Å². The maximum atomic E-state index is 12.8. The minimum Gasteiger partial charge on any atom is -0.396 e. The molecule has 5 heteroatoms. The fraction of sp³-hybridized carbons (Fsp3) is 0.368. The minimum absolute atomic E-state index is 0.0439. The lowest BCUT2D eigenvalue weighted by atomic mass is 10.0. The molecule has 0 radical (unpaired) electrons. The molecule has 0 aromatic heterocycles. The molecule has 2 aromatic rings. The molecule has 0 amide bonds. The SMILES string of the molecule is CC(CS(=O)(=O)N(C)C(CCO)c1ccccc1)c1ccccc1. The van der Waals surface area contributed by atoms with Crippen molar-refractivity contribution in [3.05, 3.63) is 71.8 Å². The highest BCUT2D eigenvalue weighted by molar-refractivity contribution is 7.89. The Morgan fingerprint density at radius 3 is 1.96 bits per heavy atom. The highest BCUT2D eigenvalue weighted by atomic mass is 32.2. The molecule has 2 atom stereocenters. The van der Waals surface area contributed by atoms with Crippen molar-refractivity contribution in [1.29, 1.82) is 0 Å². The Hall–Kier alpha value is -1.69. The topological polar surface area (TPSA) is 57.6 Å². The van der Waals surface area contributed by atoms with Crippen molar-refractivity contribution in [2.45, 2.75) is 25.3 Å². The molecule has 0 heterocycles. The van der Waals surface area contributed by atoms with E-state index in [1.165, 1.54) is 4.31 Å². The molecule has 0 saturated carbocycles. The Morgan fingerprint density at radius 1 is 0.958 bits per heavy atom. The van der Waals surface area contributed by atoms with Crippen LogP contribution >= 0.6 is 0 Å². The van der Waals surface area contributed by atoms with Gasteiger partial charge in [-0.05, 0) is 23.5 Å². The first kappa shape index (κ1) is 18.6. The van der Waals surface area contributed by atoms with Crippen LogP contribution < -0.4 is 0 Å². The standard InChI is InChI=1S/C19H25NO3S/c1-16(17-9-5-3-6-10-17)15-24(22,23)20(2)19(13-14-21)18-11-7-4-8-12-18/h3-12,16,19,21H,13-15H2,1-2H3. The van der Waals surface area contributed by atoms with Crippen LogP contribution in [0, 0.1) is 0 Å². The van der Waals surface area contributed by atoms with Crippen LogP contribution in [0.5, 0.6) is 0 Å². The van der Waals surface area contributed by atoms with Gasteiger partial charge in [-0.15, -0.1) is 0 Å². The molecular weight excluding hydrogens is 322 g/mol. The van der Waals surface area contributed by atoms with Crippen molar-refractivity contribution >= 4 is 10.0 Å². The van der Waals surface area contributed by atoms with Crippen molar-refractivity contribution in [3.63, 3.8) is 0 Å². The van der Waals surface area contributed by atoms with Crippen LogP contribution in [0.1, 0.15) is 36.4 Å². The third kappa shape index (κ3) is 4.66. The predicted molar refractivity (Wildman–Crippen MR) is 97.3 cm³/mol. The second-order valence-electron chi connectivity index (χ2n) is 6.05. The van der Waals surface area contributed by atoms with Gasteiger partial charge in [-0.2, -0.15) is 4.31 Å². The van der Waals surface area contributed by atoms with Crippen molar-refractivity contribution in [2.75, 3.05) is 19.4 Å². The summed E-state index contributed by atoms with van der Waals surface area (Å²) in [6, 6.07) is 18.7. The molecule has 0 bridgehead atoms. The zero-order valence-electron chi connectivity index (χ0n) is 14.2. The fourth-order valence-electron chi connectivity index (χ4n) is 2.86. The summed E-state index contributed by atoms with van der Waals surface area (Å²) in [7, 11) is -1.86. The molecule has 4 nitrogen and oxygen atoms in total. The van der Waals surface area contributed by atoms with Crippen LogP contribution in [0.3, 0.4) is 0 Å². The summed E-state index contributed by atoms with van der Waals surface area (Å²) < 4.78 is 27.1. The lowest BCUT2D eigenvalue weighted by molar-refractivity contribution is 0.240. The van der Waals surface area contributed by atoms with Gasteiger partial charge in [-0.1, -0.05) is 67.6 Å². The van der Waals surface area contributed by atoms with Gasteiger partial charge in [0.05, 0.1) is 11.8 Å². The number of benzene rings is 2. The maximum absolute atomic E-state index is 12.8. The van der Waals surface area contributed by atoms with E-state index in [1.807, 2.05) is 67.6 Å². The van der Waals surface area contributed by atoms with Crippen LogP contribution in [0.25, 0.3) is 0 Å². The third-order valence-corrected chi connectivity index (χ3v) is 6.35. The number of rotatable bonds is 8. The highest BCUT2D eigenvalue weighted by Gasteiger charge is 2.29. The summed E-state index contributed by atoms with van der Waals surface area (Å²) in [6.07, 6.45) is 0.374. The van der Waals surface area contributed by atoms with Crippen molar-refractivity contribution < 1.29 is 13.5 Å². The average molecular weight is 347 g/mol. The molecule has 24 heavy (non-hydrogen) atoms. The molecule has 2 unspecified atom stereocenters. The summed E-state index contributed by atoms with van der Waals surface area (Å²) in [5.41, 5.74) is 1.90. The molecule has 0 aliphatic heterocycles. The number of nitrogens with zero attached hydrogens (tertiary/aromatic N) is 1. The van der Waals surface area contributed by atoms with Crippen LogP contribution in [0.4, 0.5) is 0 Å². The van der Waals surface area contributed by atoms with Gasteiger partial charge in [0.15, 0.2) is 0 Å². The van der Waals surface area contributed by atoms with Gasteiger partial charge in [0.2, 0.25) is 10.0 Å². The van der Waals surface area contributed by atoms with Crippen LogP contribution in [-0.2, 0) is 10.0 Å². The predicted octanol–water partition coefficient (Wildman–Crippen LogP) is 3.18. The van der Waals surface area contributed by atoms with Crippen LogP contribution in [0.15, 0.2) is 60.7 Å². The van der Waals surface area contributed by atoms with E-state index >= 15 is 0 Å². The number of aliphatic hydroxyl groups excluding tert-OH is 1. The van der Waals surface area contributed by atoms with Gasteiger partial charge in [0.25, 0.3) is 0 Å². The van der Waals surface area contributed by atoms with Gasteiger partial charge in [0.1, 0.15) is 0 Å². The van der Waals surface area contributed by atoms with E-state index in [9.17, 15) is 13.5 Å². The molecular formula is C19H25NO3S. The Labute approximate surface area is 144 Å². The van der Waals surface area contributed by atoms with E-state index in [2.05, 4.69) is 0 Å². The largest absolute Gasteiger partial charge is 0.396 e. The van der Waals surface area contributed by atoms with E-state index in [0.29, 0.717) is 6.42 Å². The molecule has 0 aliphatic rings. The average Bonchev–Trinajstić information content (AvgIpc) is 2.60. The quantitative estimate of drug-likeness (QED) is 0.798. The van der Waals surface area contributed by atoms with E-state index in [-0.39, 0.29) is 24.3 Å². The van der Waals surface area contributed by atoms with Crippen LogP contribution in [-0.4, -0.2) is 37.2 Å². The summed E-state index contributed by atoms with van der Waals surface area (Å²) >= 11 is 0. The number of hydrogen-bond acceptors (Lipinski definition) is 3. The smallest absolute Gasteiger partial charge is 0.214 e. The van der Waals surface area contributed by atoms with Crippen LogP contribution in [0.2, 0.25) is 0 Å². The Kier molecular flexibility index (Phi) is 6.54. The third-order valence-electron chi connectivity index (χ3n) is 4.29. The first-order chi connectivity index (χ1) is 11.5. The summed E-state index contributed by atoms with van der Waals surface area (Å²) in [6.45, 7) is 1.86. The number of sulfonamides is 1. The Morgan fingerprint density at radius 2 is 1.46 bits per heavy atom. The number of hydrogen-bond donors (Lipinski definition) is 1. The van der Waals surface area contributed by atoms with Crippen molar-refractivity contribution in [3.8, 4) is 0 Å². The van der Waals surface area contributed by atoms with E-state index in [1.54, 1.807) is 7.05 Å². The summed E-state index contributed by atoms with van der Waals surface area (Å²) in [5.74, 6) is -0.0494. The molecule has 0 saturated heterocycles. The monoisotopic (exact) mass is 347 g/mol. The number of aliphatic hydroxyl groups is 1. The van der Waals surface area contributed by atoms with E-state index in [0.717, 1.165) is 11.1 Å². The van der Waals surface area contributed by atoms with E-state index in [4.69, 9.17) is 0 Å². The molecule has 1 N–H and O–H groups in total. The summed E-state index contributed by atoms with van der Waals surface area (Å²) in [5, 5.41) is 9.35. The van der Waals surface area contributed by atoms with Gasteiger partial charge in [-0.3, -0.25) is 0 Å². The minimum atomic E-state index is -3.46. The van der Waals surface area contributed by atoms with Crippen molar-refractivity contribution in [2.24, 2.45) is 0 Å². The lowest BCUT2D eigenvalue weighted by Crippen LogP contribution is -2.35. The Bertz CT molecular complexity index is 717. The normalized spacial score (nSPS) is 14.5. The summed E-state index contributed by atoms with van der Waals surface area (Å²) in [4.78, 5) is 0. The molecule has 130 valence electrons. The second-order valence-corrected chi connectivity index (χ2v) is 8.12. The first-order valence-electron chi connectivity index (χ1n) is 8.12. The van der Waals surface area contributed by atoms with E-state index < -0.39 is 10.0 Å². The molecule has 0 spiro atoms. The molecule has 2 aromatic carbocycles. The zero-order chi connectivity index (χ0) is 17.6. The Balaban J connectivity index is 2.19. The molecule has 2 rings (SSSR count). The fourth-order valence-corrected chi connectivity index (χ4v) is 4.54. The highest BCUT2D eigenvalue weighted by Crippen LogP contribution is 2.27. The zero-order valence-corrected chi connectivity index (χ0v) is 15.0. The molecule has 0 fully saturated rings. The van der Waals surface area contributed by atoms with Gasteiger partial charge < -0.3 is 5.11 Å². The second kappa shape index (κ2) is 8.42. The first-order valence-corrected chi connectivity index (χ1v) is 9.73. The molecule has 0 aliphatic carbocycles. The lowest BCUT2D eigenvalue weighted by Gasteiger charge is -2.28. The van der Waals surface area contributed by atoms with Crippen molar-refractivity contribution in [1.82, 2.24) is 4.31 Å². The maximum Gasteiger partial charge on any atom is 0.214 e. The van der Waals surface area contributed by atoms with Gasteiger partial charge in [0, 0.05) is 13.7 Å².